The number of halogens is 2. The van der Waals surface area contributed by atoms with E-state index >= 15 is 0 Å². The van der Waals surface area contributed by atoms with Crippen LogP contribution in [0.15, 0.2) is 42.7 Å². The van der Waals surface area contributed by atoms with E-state index in [1.807, 2.05) is 4.90 Å². The topological polar surface area (TPSA) is 117 Å². The number of aromatic nitrogens is 3. The van der Waals surface area contributed by atoms with Crippen LogP contribution >= 0.6 is 0 Å². The Bertz CT molecular complexity index is 1340. The number of carbonyl (C=O) groups excluding carboxylic acids is 1. The zero-order valence-corrected chi connectivity index (χ0v) is 20.4. The summed E-state index contributed by atoms with van der Waals surface area (Å²) < 4.78 is 39.8. The Morgan fingerprint density at radius 1 is 1.16 bits per heavy atom. The molecule has 2 saturated heterocycles. The van der Waals surface area contributed by atoms with Gasteiger partial charge < -0.3 is 24.6 Å². The highest BCUT2D eigenvalue weighted by atomic mass is 19.1. The second kappa shape index (κ2) is 11.4. The molecule has 0 unspecified atom stereocenters. The normalized spacial score (nSPS) is 19.5. The second-order valence-electron chi connectivity index (χ2n) is 8.91. The van der Waals surface area contributed by atoms with Gasteiger partial charge in [-0.3, -0.25) is 4.79 Å². The quantitative estimate of drug-likeness (QED) is 0.468. The average molecular weight is 522 g/mol. The summed E-state index contributed by atoms with van der Waals surface area (Å²) in [5.41, 5.74) is 1.68. The molecule has 2 aliphatic heterocycles. The lowest BCUT2D eigenvalue weighted by molar-refractivity contribution is -0.118. The van der Waals surface area contributed by atoms with Crippen LogP contribution in [0.5, 0.6) is 5.75 Å². The van der Waals surface area contributed by atoms with Gasteiger partial charge in [-0.25, -0.2) is 18.7 Å². The molecule has 0 spiro atoms. The Kier molecular flexibility index (Phi) is 7.55. The maximum Gasteiger partial charge on any atom is 0.230 e. The summed E-state index contributed by atoms with van der Waals surface area (Å²) in [6.45, 7) is 2.56. The molecule has 0 radical (unpaired) electrons. The second-order valence-corrected chi connectivity index (χ2v) is 8.91. The van der Waals surface area contributed by atoms with Gasteiger partial charge in [0.2, 0.25) is 12.4 Å². The standard InChI is InChI=1S/C26H25F2N7O3/c27-20-12-19(2-3-22(20)35-8-6-34(16-36)7-9-35)32-26-31-15-30-25(33-26)17-1-4-23(18(11-17)13-29)38-24-5-10-37-14-21(24)28/h1-4,11-12,15-16,21,24H,5-10,14H2,(H,30,31,32,33)/t21-,24-/m0/s1. The van der Waals surface area contributed by atoms with Crippen LogP contribution < -0.4 is 15.0 Å². The molecule has 0 aliphatic carbocycles. The summed E-state index contributed by atoms with van der Waals surface area (Å²) >= 11 is 0. The van der Waals surface area contributed by atoms with E-state index in [1.165, 1.54) is 12.4 Å². The number of hydrogen-bond acceptors (Lipinski definition) is 9. The van der Waals surface area contributed by atoms with E-state index in [-0.39, 0.29) is 23.9 Å². The van der Waals surface area contributed by atoms with Crippen LogP contribution in [-0.4, -0.2) is 77.9 Å². The van der Waals surface area contributed by atoms with Gasteiger partial charge in [0, 0.05) is 43.9 Å². The molecule has 3 heterocycles. The molecule has 2 atom stereocenters. The Morgan fingerprint density at radius 2 is 2.00 bits per heavy atom. The monoisotopic (exact) mass is 521 g/mol. The molecule has 1 amide bonds. The van der Waals surface area contributed by atoms with E-state index < -0.39 is 18.1 Å². The molecule has 38 heavy (non-hydrogen) atoms. The third-order valence-electron chi connectivity index (χ3n) is 6.44. The fourth-order valence-corrected chi connectivity index (χ4v) is 4.37. The third kappa shape index (κ3) is 5.63. The number of nitriles is 1. The molecule has 196 valence electrons. The largest absolute Gasteiger partial charge is 0.486 e. The van der Waals surface area contributed by atoms with Crippen LogP contribution in [0.1, 0.15) is 12.0 Å². The lowest BCUT2D eigenvalue weighted by Crippen LogP contribution is -2.46. The number of nitrogens with zero attached hydrogens (tertiary/aromatic N) is 6. The number of alkyl halides is 1. The third-order valence-corrected chi connectivity index (χ3v) is 6.44. The zero-order chi connectivity index (χ0) is 26.5. The van der Waals surface area contributed by atoms with E-state index in [4.69, 9.17) is 9.47 Å². The van der Waals surface area contributed by atoms with Crippen molar-refractivity contribution >= 4 is 23.7 Å². The van der Waals surface area contributed by atoms with Gasteiger partial charge in [-0.15, -0.1) is 0 Å². The van der Waals surface area contributed by atoms with Gasteiger partial charge >= 0.3 is 0 Å². The molecular weight excluding hydrogens is 496 g/mol. The Labute approximate surface area is 217 Å². The first kappa shape index (κ1) is 25.3. The number of hydrogen-bond donors (Lipinski definition) is 1. The van der Waals surface area contributed by atoms with Crippen molar-refractivity contribution in [3.8, 4) is 23.2 Å². The fraction of sp³-hybridized carbons (Fsp3) is 0.346. The van der Waals surface area contributed by atoms with Crippen LogP contribution in [0.3, 0.4) is 0 Å². The minimum Gasteiger partial charge on any atom is -0.486 e. The molecular formula is C26H25F2N7O3. The van der Waals surface area contributed by atoms with Crippen molar-refractivity contribution in [3.63, 3.8) is 0 Å². The van der Waals surface area contributed by atoms with Gasteiger partial charge in [-0.1, -0.05) is 0 Å². The molecule has 2 aliphatic rings. The molecule has 1 N–H and O–H groups in total. The van der Waals surface area contributed by atoms with Crippen molar-refractivity contribution < 1.29 is 23.0 Å². The first-order chi connectivity index (χ1) is 18.5. The Morgan fingerprint density at radius 3 is 2.74 bits per heavy atom. The minimum absolute atomic E-state index is 0.0315. The smallest absolute Gasteiger partial charge is 0.230 e. The maximum absolute atomic E-state index is 14.9. The molecule has 2 aromatic carbocycles. The van der Waals surface area contributed by atoms with Crippen LogP contribution in [0.25, 0.3) is 11.4 Å². The molecule has 3 aromatic rings. The average Bonchev–Trinajstić information content (AvgIpc) is 2.95. The summed E-state index contributed by atoms with van der Waals surface area (Å²) in [4.78, 5) is 27.2. The fourth-order valence-electron chi connectivity index (χ4n) is 4.37. The highest BCUT2D eigenvalue weighted by Crippen LogP contribution is 2.29. The molecule has 5 rings (SSSR count). The van der Waals surface area contributed by atoms with Crippen molar-refractivity contribution in [2.24, 2.45) is 0 Å². The van der Waals surface area contributed by atoms with Crippen molar-refractivity contribution in [2.75, 3.05) is 49.6 Å². The lowest BCUT2D eigenvalue weighted by atomic mass is 10.1. The number of carbonyl (C=O) groups is 1. The minimum atomic E-state index is -1.27. The highest BCUT2D eigenvalue weighted by molar-refractivity contribution is 5.64. The highest BCUT2D eigenvalue weighted by Gasteiger charge is 2.28. The molecule has 2 fully saturated rings. The summed E-state index contributed by atoms with van der Waals surface area (Å²) in [6.07, 6.45) is 0.574. The van der Waals surface area contributed by atoms with E-state index in [1.54, 1.807) is 35.2 Å². The summed E-state index contributed by atoms with van der Waals surface area (Å²) in [6, 6.07) is 11.7. The van der Waals surface area contributed by atoms with Crippen LogP contribution in [0.4, 0.5) is 26.1 Å². The molecule has 10 nitrogen and oxygen atoms in total. The lowest BCUT2D eigenvalue weighted by Gasteiger charge is -2.34. The van der Waals surface area contributed by atoms with Crippen LogP contribution in [0.2, 0.25) is 0 Å². The van der Waals surface area contributed by atoms with Crippen molar-refractivity contribution in [1.29, 1.82) is 5.26 Å². The molecule has 0 bridgehead atoms. The van der Waals surface area contributed by atoms with Crippen molar-refractivity contribution in [3.05, 3.63) is 54.1 Å². The predicted octanol–water partition coefficient (Wildman–Crippen LogP) is 3.08. The summed E-state index contributed by atoms with van der Waals surface area (Å²) in [5.74, 6) is 0.368. The number of benzene rings is 2. The number of piperazine rings is 1. The summed E-state index contributed by atoms with van der Waals surface area (Å²) in [7, 11) is 0. The first-order valence-electron chi connectivity index (χ1n) is 12.2. The molecule has 0 saturated carbocycles. The van der Waals surface area contributed by atoms with E-state index in [2.05, 4.69) is 26.3 Å². The first-order valence-corrected chi connectivity index (χ1v) is 12.2. The van der Waals surface area contributed by atoms with E-state index in [0.717, 1.165) is 6.41 Å². The maximum atomic E-state index is 14.9. The van der Waals surface area contributed by atoms with Crippen molar-refractivity contribution in [2.45, 2.75) is 18.7 Å². The predicted molar refractivity (Wildman–Crippen MR) is 134 cm³/mol. The Balaban J connectivity index is 1.29. The number of amides is 1. The Hall–Kier alpha value is -4.37. The van der Waals surface area contributed by atoms with E-state index in [0.29, 0.717) is 62.0 Å². The van der Waals surface area contributed by atoms with Gasteiger partial charge in [-0.2, -0.15) is 10.2 Å². The molecule has 1 aromatic heterocycles. The SMILES string of the molecule is N#Cc1cc(-c2ncnc(Nc3ccc(N4CCN(C=O)CC4)c(F)c3)n2)ccc1O[C@H]1CCOC[C@@H]1F. The number of rotatable bonds is 7. The van der Waals surface area contributed by atoms with Gasteiger partial charge in [0.05, 0.1) is 24.5 Å². The van der Waals surface area contributed by atoms with Gasteiger partial charge in [0.15, 0.2) is 12.0 Å². The zero-order valence-electron chi connectivity index (χ0n) is 20.4. The van der Waals surface area contributed by atoms with E-state index in [9.17, 15) is 18.8 Å². The summed E-state index contributed by atoms with van der Waals surface area (Å²) in [5, 5.41) is 12.6. The van der Waals surface area contributed by atoms with Crippen molar-refractivity contribution in [1.82, 2.24) is 19.9 Å². The van der Waals surface area contributed by atoms with Gasteiger partial charge in [-0.05, 0) is 36.4 Å². The van der Waals surface area contributed by atoms with Gasteiger partial charge in [0.25, 0.3) is 0 Å². The number of anilines is 3. The molecule has 12 heteroatoms. The number of ether oxygens (including phenoxy) is 2. The number of nitrogens with one attached hydrogen (secondary N) is 1. The van der Waals surface area contributed by atoms with Crippen LogP contribution in [0, 0.1) is 17.1 Å². The van der Waals surface area contributed by atoms with Crippen LogP contribution in [-0.2, 0) is 9.53 Å². The van der Waals surface area contributed by atoms with Gasteiger partial charge in [0.1, 0.15) is 30.1 Å².